The first-order valence-corrected chi connectivity index (χ1v) is 10.7. The lowest BCUT2D eigenvalue weighted by Gasteiger charge is -2.31. The molecule has 3 aromatic heterocycles. The summed E-state index contributed by atoms with van der Waals surface area (Å²) in [4.78, 5) is 19.4. The number of carbonyl (C=O) groups excluding carboxylic acids is 1. The summed E-state index contributed by atoms with van der Waals surface area (Å²) >= 11 is 1.10. The average Bonchev–Trinajstić information content (AvgIpc) is 3.38. The molecule has 0 aliphatic carbocycles. The number of aromatic nitrogens is 5. The van der Waals surface area contributed by atoms with Crippen molar-refractivity contribution in [2.24, 2.45) is 0 Å². The summed E-state index contributed by atoms with van der Waals surface area (Å²) in [6.45, 7) is 4.72. The lowest BCUT2D eigenvalue weighted by Crippen LogP contribution is -2.38. The molecule has 0 atom stereocenters. The van der Waals surface area contributed by atoms with Crippen LogP contribution in [0.5, 0.6) is 0 Å². The van der Waals surface area contributed by atoms with Crippen molar-refractivity contribution in [2.45, 2.75) is 51.6 Å². The van der Waals surface area contributed by atoms with Gasteiger partial charge in [0.05, 0.1) is 11.4 Å². The molecule has 1 aliphatic heterocycles. The van der Waals surface area contributed by atoms with Gasteiger partial charge in [-0.15, -0.1) is 5.10 Å². The van der Waals surface area contributed by atoms with E-state index < -0.39 is 11.9 Å². The average molecular weight is 438 g/mol. The lowest BCUT2D eigenvalue weighted by atomic mass is 9.93. The van der Waals surface area contributed by atoms with Gasteiger partial charge in [0.15, 0.2) is 5.65 Å². The van der Waals surface area contributed by atoms with Gasteiger partial charge in [-0.25, -0.2) is 9.50 Å². The first-order valence-electron chi connectivity index (χ1n) is 9.89. The molecule has 0 unspecified atom stereocenters. The van der Waals surface area contributed by atoms with E-state index in [9.17, 15) is 18.0 Å². The largest absolute Gasteiger partial charge is 0.433 e. The Labute approximate surface area is 175 Å². The number of carbonyl (C=O) groups is 1. The summed E-state index contributed by atoms with van der Waals surface area (Å²) in [5, 5.41) is 8.23. The molecule has 1 saturated heterocycles. The minimum atomic E-state index is -4.51. The number of amides is 1. The van der Waals surface area contributed by atoms with Crippen LogP contribution in [0.1, 0.15) is 65.1 Å². The third kappa shape index (κ3) is 3.78. The Balaban J connectivity index is 1.54. The van der Waals surface area contributed by atoms with E-state index in [1.807, 2.05) is 6.92 Å². The summed E-state index contributed by atoms with van der Waals surface area (Å²) in [5.74, 6) is -0.101. The van der Waals surface area contributed by atoms with Gasteiger partial charge >= 0.3 is 6.18 Å². The molecule has 1 amide bonds. The Morgan fingerprint density at radius 2 is 1.93 bits per heavy atom. The number of hydrogen-bond acceptors (Lipinski definition) is 6. The van der Waals surface area contributed by atoms with E-state index in [-0.39, 0.29) is 17.5 Å². The highest BCUT2D eigenvalue weighted by atomic mass is 32.1. The quantitative estimate of drug-likeness (QED) is 0.620. The third-order valence-electron chi connectivity index (χ3n) is 5.44. The van der Waals surface area contributed by atoms with Crippen molar-refractivity contribution in [1.29, 1.82) is 0 Å². The van der Waals surface area contributed by atoms with Crippen LogP contribution in [0, 0.1) is 0 Å². The Bertz CT molecular complexity index is 1070. The maximum Gasteiger partial charge on any atom is 0.433 e. The van der Waals surface area contributed by atoms with Crippen molar-refractivity contribution in [3.8, 4) is 0 Å². The standard InChI is InChI=1S/C19H21F3N6OS/c1-3-12-9-15(19(20,21)22)28-16(23-12)10-14(25-28)11-5-7-27(8-6-11)18(29)17-13(4-2)24-26-30-17/h9-11H,3-8H2,1-2H3. The zero-order valence-electron chi connectivity index (χ0n) is 16.6. The van der Waals surface area contributed by atoms with Crippen molar-refractivity contribution >= 4 is 23.1 Å². The Morgan fingerprint density at radius 1 is 1.20 bits per heavy atom. The fraction of sp³-hybridized carbons (Fsp3) is 0.526. The topological polar surface area (TPSA) is 76.3 Å². The summed E-state index contributed by atoms with van der Waals surface area (Å²) in [5.41, 5.74) is 1.06. The molecular formula is C19H21F3N6OS. The fourth-order valence-electron chi connectivity index (χ4n) is 3.75. The SMILES string of the molecule is CCc1cc(C(F)(F)F)n2nc(C3CCN(C(=O)c4snnc4CC)CC3)cc2n1. The van der Waals surface area contributed by atoms with E-state index in [0.717, 1.165) is 22.1 Å². The van der Waals surface area contributed by atoms with Gasteiger partial charge in [0.2, 0.25) is 0 Å². The van der Waals surface area contributed by atoms with Crippen LogP contribution < -0.4 is 0 Å². The normalized spacial score (nSPS) is 15.8. The minimum absolute atomic E-state index is 0.0212. The van der Waals surface area contributed by atoms with Crippen molar-refractivity contribution in [1.82, 2.24) is 29.1 Å². The smallest absolute Gasteiger partial charge is 0.338 e. The van der Waals surface area contributed by atoms with Crippen LogP contribution in [-0.2, 0) is 19.0 Å². The molecule has 0 spiro atoms. The highest BCUT2D eigenvalue weighted by Crippen LogP contribution is 2.33. The maximum absolute atomic E-state index is 13.5. The van der Waals surface area contributed by atoms with E-state index in [0.29, 0.717) is 60.7 Å². The van der Waals surface area contributed by atoms with Gasteiger partial charge in [0.25, 0.3) is 5.91 Å². The number of likely N-dealkylation sites (tertiary alicyclic amines) is 1. The molecule has 160 valence electrons. The maximum atomic E-state index is 13.5. The molecule has 30 heavy (non-hydrogen) atoms. The molecule has 0 aromatic carbocycles. The monoisotopic (exact) mass is 438 g/mol. The van der Waals surface area contributed by atoms with Crippen LogP contribution in [0.25, 0.3) is 5.65 Å². The molecule has 11 heteroatoms. The zero-order chi connectivity index (χ0) is 21.5. The van der Waals surface area contributed by atoms with E-state index in [1.165, 1.54) is 0 Å². The predicted molar refractivity (Wildman–Crippen MR) is 105 cm³/mol. The van der Waals surface area contributed by atoms with Crippen LogP contribution in [0.2, 0.25) is 0 Å². The number of rotatable bonds is 4. The molecule has 4 rings (SSSR count). The molecular weight excluding hydrogens is 417 g/mol. The number of fused-ring (bicyclic) bond motifs is 1. The highest BCUT2D eigenvalue weighted by molar-refractivity contribution is 7.08. The molecule has 0 N–H and O–H groups in total. The van der Waals surface area contributed by atoms with Crippen molar-refractivity contribution < 1.29 is 18.0 Å². The van der Waals surface area contributed by atoms with E-state index in [2.05, 4.69) is 19.7 Å². The van der Waals surface area contributed by atoms with Crippen LogP contribution >= 0.6 is 11.5 Å². The predicted octanol–water partition coefficient (Wildman–Crippen LogP) is 3.74. The summed E-state index contributed by atoms with van der Waals surface area (Å²) in [7, 11) is 0. The summed E-state index contributed by atoms with van der Waals surface area (Å²) < 4.78 is 45.2. The minimum Gasteiger partial charge on any atom is -0.338 e. The third-order valence-corrected chi connectivity index (χ3v) is 6.19. The second kappa shape index (κ2) is 7.93. The summed E-state index contributed by atoms with van der Waals surface area (Å²) in [6, 6.07) is 2.69. The van der Waals surface area contributed by atoms with E-state index in [1.54, 1.807) is 17.9 Å². The Kier molecular flexibility index (Phi) is 5.48. The van der Waals surface area contributed by atoms with Gasteiger partial charge in [-0.3, -0.25) is 4.79 Å². The number of nitrogens with zero attached hydrogens (tertiary/aromatic N) is 6. The molecule has 1 fully saturated rings. The van der Waals surface area contributed by atoms with Crippen molar-refractivity contribution in [3.05, 3.63) is 39.8 Å². The van der Waals surface area contributed by atoms with Crippen LogP contribution in [-0.4, -0.2) is 48.1 Å². The van der Waals surface area contributed by atoms with Crippen LogP contribution in [0.3, 0.4) is 0 Å². The van der Waals surface area contributed by atoms with Gasteiger partial charge in [-0.05, 0) is 43.3 Å². The Morgan fingerprint density at radius 3 is 2.57 bits per heavy atom. The second-order valence-corrected chi connectivity index (χ2v) is 8.05. The number of hydrogen-bond donors (Lipinski definition) is 0. The lowest BCUT2D eigenvalue weighted by molar-refractivity contribution is -0.142. The summed E-state index contributed by atoms with van der Waals surface area (Å²) in [6.07, 6.45) is -2.20. The molecule has 0 bridgehead atoms. The van der Waals surface area contributed by atoms with Gasteiger partial charge in [-0.1, -0.05) is 18.3 Å². The van der Waals surface area contributed by atoms with Gasteiger partial charge in [0, 0.05) is 30.8 Å². The van der Waals surface area contributed by atoms with Crippen molar-refractivity contribution in [3.63, 3.8) is 0 Å². The van der Waals surface area contributed by atoms with Crippen LogP contribution in [0.4, 0.5) is 13.2 Å². The second-order valence-electron chi connectivity index (χ2n) is 7.29. The number of halogens is 3. The zero-order valence-corrected chi connectivity index (χ0v) is 17.4. The Hall–Kier alpha value is -2.56. The molecule has 4 heterocycles. The fourth-order valence-corrected chi connectivity index (χ4v) is 4.47. The van der Waals surface area contributed by atoms with E-state index in [4.69, 9.17) is 0 Å². The number of alkyl halides is 3. The van der Waals surface area contributed by atoms with Gasteiger partial charge in [-0.2, -0.15) is 18.3 Å². The van der Waals surface area contributed by atoms with Gasteiger partial charge in [0.1, 0.15) is 10.6 Å². The van der Waals surface area contributed by atoms with E-state index >= 15 is 0 Å². The van der Waals surface area contributed by atoms with Crippen LogP contribution in [0.15, 0.2) is 12.1 Å². The van der Waals surface area contributed by atoms with Crippen molar-refractivity contribution in [2.75, 3.05) is 13.1 Å². The first-order chi connectivity index (χ1) is 14.3. The molecule has 1 aliphatic rings. The van der Waals surface area contributed by atoms with Gasteiger partial charge < -0.3 is 4.90 Å². The first kappa shape index (κ1) is 20.7. The number of piperidine rings is 1. The number of aryl methyl sites for hydroxylation is 2. The molecule has 0 saturated carbocycles. The molecule has 3 aromatic rings. The molecule has 0 radical (unpaired) electrons. The molecule has 7 nitrogen and oxygen atoms in total. The highest BCUT2D eigenvalue weighted by Gasteiger charge is 2.36.